The summed E-state index contributed by atoms with van der Waals surface area (Å²) in [6, 6.07) is 0. The molecule has 0 aliphatic rings. The molecule has 0 saturated heterocycles. The van der Waals surface area contributed by atoms with Crippen molar-refractivity contribution in [2.24, 2.45) is 5.73 Å². The van der Waals surface area contributed by atoms with Crippen LogP contribution in [0, 0.1) is 0 Å². The summed E-state index contributed by atoms with van der Waals surface area (Å²) in [4.78, 5) is 27.4. The number of esters is 2. The number of rotatable bonds is 43. The van der Waals surface area contributed by atoms with Gasteiger partial charge in [-0.2, -0.15) is 0 Å². The third kappa shape index (κ3) is 36.5. The van der Waals surface area contributed by atoms with Crippen LogP contribution in [0.1, 0.15) is 194 Å². The molecule has 0 saturated carbocycles. The van der Waals surface area contributed by atoms with Gasteiger partial charge in [0.1, 0.15) is 17.7 Å². The molecule has 56 heavy (non-hydrogen) atoms. The molecular formula is C46H86N2O7S. The van der Waals surface area contributed by atoms with E-state index in [9.17, 15) is 19.8 Å². The molecule has 2 unspecified atom stereocenters. The molecule has 0 aromatic rings. The maximum Gasteiger partial charge on any atom is 0.306 e. The summed E-state index contributed by atoms with van der Waals surface area (Å²) >= 11 is 5.29. The Balaban J connectivity index is 4.58. The van der Waals surface area contributed by atoms with E-state index in [1.807, 2.05) is 4.90 Å². The zero-order valence-electron chi connectivity index (χ0n) is 36.1. The predicted octanol–water partition coefficient (Wildman–Crippen LogP) is 10.5. The number of aliphatic hydroxyl groups excluding tert-OH is 2. The van der Waals surface area contributed by atoms with E-state index in [-0.39, 0.29) is 43.8 Å². The quantitative estimate of drug-likeness (QED) is 0.0237. The van der Waals surface area contributed by atoms with Gasteiger partial charge in [0.05, 0.1) is 19.8 Å². The van der Waals surface area contributed by atoms with Crippen LogP contribution in [0.5, 0.6) is 0 Å². The number of nitrogens with two attached hydrogens (primary N) is 1. The van der Waals surface area contributed by atoms with Crippen LogP contribution in [-0.2, 0) is 23.8 Å². The Hall–Kier alpha value is -1.85. The lowest BCUT2D eigenvalue weighted by Crippen LogP contribution is -2.46. The van der Waals surface area contributed by atoms with E-state index in [0.717, 1.165) is 64.2 Å². The third-order valence-electron chi connectivity index (χ3n) is 10.1. The summed E-state index contributed by atoms with van der Waals surface area (Å²) in [5.41, 5.74) is 6.05. The van der Waals surface area contributed by atoms with Crippen molar-refractivity contribution < 1.29 is 34.0 Å². The zero-order chi connectivity index (χ0) is 41.2. The number of aliphatic hydroxyl groups is 2. The van der Waals surface area contributed by atoms with E-state index in [2.05, 4.69) is 38.2 Å². The molecule has 0 aliphatic carbocycles. The van der Waals surface area contributed by atoms with Crippen LogP contribution in [0.4, 0.5) is 0 Å². The number of carbonyl (C=O) groups excluding carboxylic acids is 2. The highest BCUT2D eigenvalue weighted by molar-refractivity contribution is 7.80. The molecule has 0 aromatic carbocycles. The van der Waals surface area contributed by atoms with Gasteiger partial charge in [0.2, 0.25) is 0 Å². The second kappa shape index (κ2) is 42.7. The van der Waals surface area contributed by atoms with Crippen molar-refractivity contribution in [1.82, 2.24) is 4.90 Å². The molecule has 0 spiro atoms. The molecule has 10 heteroatoms. The van der Waals surface area contributed by atoms with Crippen LogP contribution in [0.25, 0.3) is 0 Å². The summed E-state index contributed by atoms with van der Waals surface area (Å²) in [7, 11) is 0. The second-order valence-corrected chi connectivity index (χ2v) is 15.8. The van der Waals surface area contributed by atoms with Gasteiger partial charge in [0, 0.05) is 32.5 Å². The molecule has 0 aromatic heterocycles. The summed E-state index contributed by atoms with van der Waals surface area (Å²) in [6.45, 7) is 5.60. The number of ether oxygens (including phenoxy) is 3. The average Bonchev–Trinajstić information content (AvgIpc) is 3.18. The highest BCUT2D eigenvalue weighted by atomic mass is 32.1. The monoisotopic (exact) mass is 811 g/mol. The highest BCUT2D eigenvalue weighted by Gasteiger charge is 2.30. The molecule has 0 bridgehead atoms. The van der Waals surface area contributed by atoms with Crippen LogP contribution in [0.3, 0.4) is 0 Å². The van der Waals surface area contributed by atoms with Gasteiger partial charge in [-0.25, -0.2) is 0 Å². The smallest absolute Gasteiger partial charge is 0.306 e. The standard InChI is InChI=1S/C46H86N2O7S/c1-3-5-7-9-11-13-15-17-19-21-23-25-27-29-31-33-43(51)54-41-42(53-40-37-48(35-38-49)36-39-50)45(46(47)56)55-44(52)34-32-30-28-26-24-22-20-18-16-14-12-10-8-6-4-2/h17-20,42,45,49-50H,3-16,21-41H2,1-2H3,(H2,47,56)/b19-17-,20-18-. The molecule has 328 valence electrons. The molecule has 0 radical (unpaired) electrons. The molecular weight excluding hydrogens is 725 g/mol. The van der Waals surface area contributed by atoms with Gasteiger partial charge < -0.3 is 30.2 Å². The lowest BCUT2D eigenvalue weighted by atomic mass is 10.1. The predicted molar refractivity (Wildman–Crippen MR) is 237 cm³/mol. The molecule has 2 atom stereocenters. The van der Waals surface area contributed by atoms with Crippen molar-refractivity contribution in [3.05, 3.63) is 24.3 Å². The van der Waals surface area contributed by atoms with Gasteiger partial charge in [0.25, 0.3) is 0 Å². The fraction of sp³-hybridized carbons (Fsp3) is 0.848. The maximum absolute atomic E-state index is 12.9. The fourth-order valence-corrected chi connectivity index (χ4v) is 6.82. The first-order valence-corrected chi connectivity index (χ1v) is 23.3. The van der Waals surface area contributed by atoms with Gasteiger partial charge >= 0.3 is 11.9 Å². The lowest BCUT2D eigenvalue weighted by molar-refractivity contribution is -0.160. The van der Waals surface area contributed by atoms with Gasteiger partial charge in [-0.15, -0.1) is 0 Å². The SMILES string of the molecule is CCCCCCCC/C=C\CCCCCCCC(=O)OCC(OCCN(CCO)CCO)C(OC(=O)CCCCCCC/C=C\CCCCCCCC)C(N)=S. The Morgan fingerprint density at radius 1 is 0.589 bits per heavy atom. The van der Waals surface area contributed by atoms with Crippen LogP contribution in [0.15, 0.2) is 24.3 Å². The largest absolute Gasteiger partial charge is 0.463 e. The van der Waals surface area contributed by atoms with Crippen molar-refractivity contribution in [3.8, 4) is 0 Å². The van der Waals surface area contributed by atoms with Crippen LogP contribution in [0.2, 0.25) is 0 Å². The number of unbranched alkanes of at least 4 members (excludes halogenated alkanes) is 22. The van der Waals surface area contributed by atoms with Crippen molar-refractivity contribution >= 4 is 29.1 Å². The average molecular weight is 811 g/mol. The Bertz CT molecular complexity index is 958. The van der Waals surface area contributed by atoms with Crippen molar-refractivity contribution in [1.29, 1.82) is 0 Å². The Kier molecular flexibility index (Phi) is 41.3. The molecule has 0 amide bonds. The van der Waals surface area contributed by atoms with Gasteiger partial charge in [0.15, 0.2) is 6.10 Å². The third-order valence-corrected chi connectivity index (χ3v) is 10.4. The Labute approximate surface area is 348 Å². The van der Waals surface area contributed by atoms with Gasteiger partial charge in [-0.3, -0.25) is 14.5 Å². The van der Waals surface area contributed by atoms with Gasteiger partial charge in [-0.05, 0) is 64.2 Å². The van der Waals surface area contributed by atoms with Crippen LogP contribution in [-0.4, -0.2) is 90.3 Å². The molecule has 0 heterocycles. The number of nitrogens with zero attached hydrogens (tertiary/aromatic N) is 1. The van der Waals surface area contributed by atoms with Crippen molar-refractivity contribution in [2.45, 2.75) is 206 Å². The maximum atomic E-state index is 12.9. The summed E-state index contributed by atoms with van der Waals surface area (Å²) in [5.74, 6) is -0.740. The first-order valence-electron chi connectivity index (χ1n) is 22.9. The summed E-state index contributed by atoms with van der Waals surface area (Å²) in [5, 5.41) is 18.7. The van der Waals surface area contributed by atoms with E-state index in [1.54, 1.807) is 0 Å². The zero-order valence-corrected chi connectivity index (χ0v) is 36.9. The van der Waals surface area contributed by atoms with Crippen LogP contribution >= 0.6 is 12.2 Å². The fourth-order valence-electron chi connectivity index (χ4n) is 6.62. The van der Waals surface area contributed by atoms with E-state index < -0.39 is 18.2 Å². The minimum atomic E-state index is -1.04. The normalized spacial score (nSPS) is 12.9. The minimum absolute atomic E-state index is 0.0382. The lowest BCUT2D eigenvalue weighted by Gasteiger charge is -2.28. The minimum Gasteiger partial charge on any atom is -0.463 e. The molecule has 4 N–H and O–H groups in total. The number of carbonyl (C=O) groups is 2. The number of hydrogen-bond acceptors (Lipinski definition) is 9. The van der Waals surface area contributed by atoms with Gasteiger partial charge in [-0.1, -0.05) is 153 Å². The Morgan fingerprint density at radius 3 is 1.39 bits per heavy atom. The molecule has 0 rings (SSSR count). The topological polar surface area (TPSA) is 132 Å². The molecule has 0 aliphatic heterocycles. The highest BCUT2D eigenvalue weighted by Crippen LogP contribution is 2.15. The molecule has 9 nitrogen and oxygen atoms in total. The Morgan fingerprint density at radius 2 is 0.982 bits per heavy atom. The summed E-state index contributed by atoms with van der Waals surface area (Å²) in [6.07, 6.45) is 38.6. The van der Waals surface area contributed by atoms with E-state index in [0.29, 0.717) is 32.5 Å². The van der Waals surface area contributed by atoms with Crippen LogP contribution < -0.4 is 5.73 Å². The number of hydrogen-bond donors (Lipinski definition) is 3. The van der Waals surface area contributed by atoms with E-state index in [4.69, 9.17) is 32.2 Å². The summed E-state index contributed by atoms with van der Waals surface area (Å²) < 4.78 is 17.4. The van der Waals surface area contributed by atoms with Crippen molar-refractivity contribution in [2.75, 3.05) is 46.1 Å². The number of thiocarbonyl (C=S) groups is 1. The number of allylic oxidation sites excluding steroid dienone is 4. The second-order valence-electron chi connectivity index (χ2n) is 15.4. The molecule has 0 fully saturated rings. The van der Waals surface area contributed by atoms with E-state index in [1.165, 1.54) is 96.3 Å². The van der Waals surface area contributed by atoms with E-state index >= 15 is 0 Å². The van der Waals surface area contributed by atoms with Crippen molar-refractivity contribution in [3.63, 3.8) is 0 Å². The first-order chi connectivity index (χ1) is 27.4. The first kappa shape index (κ1) is 54.2.